The SMILES string of the molecule is CCN1C(=O)/C(=C/C=C2/C=Cc3ccccc3N2CC)OC1=S. The molecular weight excluding hydrogens is 308 g/mol. The van der Waals surface area contributed by atoms with Gasteiger partial charge in [0.15, 0.2) is 5.76 Å². The first-order valence-corrected chi connectivity index (χ1v) is 8.06. The van der Waals surface area contributed by atoms with E-state index in [0.717, 1.165) is 17.9 Å². The summed E-state index contributed by atoms with van der Waals surface area (Å²) in [4.78, 5) is 15.8. The molecule has 1 fully saturated rings. The Morgan fingerprint density at radius 3 is 2.52 bits per heavy atom. The predicted octanol–water partition coefficient (Wildman–Crippen LogP) is 3.47. The van der Waals surface area contributed by atoms with Crippen LogP contribution in [0.5, 0.6) is 0 Å². The molecule has 1 aromatic rings. The van der Waals surface area contributed by atoms with Crippen LogP contribution < -0.4 is 4.90 Å². The van der Waals surface area contributed by atoms with E-state index in [9.17, 15) is 4.79 Å². The van der Waals surface area contributed by atoms with Crippen LogP contribution in [0.25, 0.3) is 6.08 Å². The van der Waals surface area contributed by atoms with Crippen molar-refractivity contribution in [2.24, 2.45) is 0 Å². The predicted molar refractivity (Wildman–Crippen MR) is 95.7 cm³/mol. The average Bonchev–Trinajstić information content (AvgIpc) is 2.85. The van der Waals surface area contributed by atoms with E-state index in [0.29, 0.717) is 6.54 Å². The van der Waals surface area contributed by atoms with Crippen molar-refractivity contribution < 1.29 is 9.53 Å². The number of nitrogens with zero attached hydrogens (tertiary/aromatic N) is 2. The van der Waals surface area contributed by atoms with Crippen molar-refractivity contribution in [2.75, 3.05) is 18.0 Å². The second-order valence-electron chi connectivity index (χ2n) is 5.18. The molecule has 0 N–H and O–H groups in total. The molecule has 23 heavy (non-hydrogen) atoms. The van der Waals surface area contributed by atoms with Gasteiger partial charge in [0, 0.05) is 24.5 Å². The van der Waals surface area contributed by atoms with E-state index in [4.69, 9.17) is 17.0 Å². The van der Waals surface area contributed by atoms with Gasteiger partial charge in [0.25, 0.3) is 11.1 Å². The van der Waals surface area contributed by atoms with Crippen LogP contribution >= 0.6 is 12.2 Å². The highest BCUT2D eigenvalue weighted by Gasteiger charge is 2.31. The number of benzene rings is 1. The maximum Gasteiger partial charge on any atom is 0.297 e. The Kier molecular flexibility index (Phi) is 4.30. The number of amides is 1. The van der Waals surface area contributed by atoms with Crippen molar-refractivity contribution in [3.8, 4) is 0 Å². The third kappa shape index (κ3) is 2.80. The van der Waals surface area contributed by atoms with E-state index in [2.05, 4.69) is 30.0 Å². The number of ether oxygens (including phenoxy) is 1. The minimum atomic E-state index is -0.183. The highest BCUT2D eigenvalue weighted by Crippen LogP contribution is 2.30. The van der Waals surface area contributed by atoms with E-state index in [1.165, 1.54) is 10.5 Å². The molecule has 2 aliphatic rings. The van der Waals surface area contributed by atoms with Crippen LogP contribution in [0.1, 0.15) is 19.4 Å². The van der Waals surface area contributed by atoms with Crippen LogP contribution in [0.15, 0.2) is 53.9 Å². The Morgan fingerprint density at radius 2 is 1.83 bits per heavy atom. The third-order valence-corrected chi connectivity index (χ3v) is 4.19. The Morgan fingerprint density at radius 1 is 1.09 bits per heavy atom. The Hall–Kier alpha value is -2.40. The van der Waals surface area contributed by atoms with Crippen molar-refractivity contribution >= 4 is 35.1 Å². The molecule has 0 bridgehead atoms. The molecule has 5 heteroatoms. The molecule has 3 rings (SSSR count). The lowest BCUT2D eigenvalue weighted by Crippen LogP contribution is -2.27. The fraction of sp³-hybridized carbons (Fsp3) is 0.222. The summed E-state index contributed by atoms with van der Waals surface area (Å²) in [6.07, 6.45) is 7.70. The van der Waals surface area contributed by atoms with Crippen LogP contribution in [0.2, 0.25) is 0 Å². The molecule has 0 spiro atoms. The first-order valence-electron chi connectivity index (χ1n) is 7.66. The first-order chi connectivity index (χ1) is 11.2. The standard InChI is InChI=1S/C18H18N2O2S/c1-3-19-14(10-9-13-7-5-6-8-15(13)19)11-12-16-17(21)20(4-2)18(23)22-16/h5-12H,3-4H2,1-2H3/b14-11-,16-12-. The molecular formula is C18H18N2O2S. The van der Waals surface area contributed by atoms with Gasteiger partial charge in [0.2, 0.25) is 0 Å². The van der Waals surface area contributed by atoms with Gasteiger partial charge >= 0.3 is 0 Å². The zero-order chi connectivity index (χ0) is 16.4. The summed E-state index contributed by atoms with van der Waals surface area (Å²) < 4.78 is 5.39. The lowest BCUT2D eigenvalue weighted by Gasteiger charge is -2.29. The second-order valence-corrected chi connectivity index (χ2v) is 5.53. The highest BCUT2D eigenvalue weighted by molar-refractivity contribution is 7.80. The summed E-state index contributed by atoms with van der Waals surface area (Å²) in [5.74, 6) is 0.0882. The number of thiocarbonyl (C=S) groups is 1. The summed E-state index contributed by atoms with van der Waals surface area (Å²) in [6.45, 7) is 5.32. The number of anilines is 1. The summed E-state index contributed by atoms with van der Waals surface area (Å²) >= 11 is 5.06. The third-order valence-electron chi connectivity index (χ3n) is 3.88. The van der Waals surface area contributed by atoms with Gasteiger partial charge in [-0.15, -0.1) is 0 Å². The minimum absolute atomic E-state index is 0.183. The number of carbonyl (C=O) groups excluding carboxylic acids is 1. The zero-order valence-corrected chi connectivity index (χ0v) is 14.0. The molecule has 1 amide bonds. The number of hydrogen-bond donors (Lipinski definition) is 0. The fourth-order valence-electron chi connectivity index (χ4n) is 2.72. The number of fused-ring (bicyclic) bond motifs is 1. The van der Waals surface area contributed by atoms with Gasteiger partial charge in [-0.05, 0) is 55.9 Å². The molecule has 0 aromatic heterocycles. The van der Waals surface area contributed by atoms with Crippen LogP contribution in [-0.4, -0.2) is 29.1 Å². The first kappa shape index (κ1) is 15.5. The van der Waals surface area contributed by atoms with E-state index in [1.54, 1.807) is 6.08 Å². The number of carbonyl (C=O) groups is 1. The minimum Gasteiger partial charge on any atom is -0.426 e. The van der Waals surface area contributed by atoms with Crippen LogP contribution in [0.4, 0.5) is 5.69 Å². The molecule has 118 valence electrons. The van der Waals surface area contributed by atoms with Gasteiger partial charge in [-0.1, -0.05) is 24.3 Å². The normalized spacial score (nSPS) is 20.4. The fourth-order valence-corrected chi connectivity index (χ4v) is 3.03. The molecule has 0 saturated carbocycles. The molecule has 1 aromatic carbocycles. The lowest BCUT2D eigenvalue weighted by atomic mass is 10.1. The van der Waals surface area contributed by atoms with Crippen LogP contribution in [0, 0.1) is 0 Å². The van der Waals surface area contributed by atoms with Crippen molar-refractivity contribution in [3.05, 3.63) is 59.5 Å². The maximum atomic E-state index is 12.2. The van der Waals surface area contributed by atoms with Crippen molar-refractivity contribution in [1.82, 2.24) is 4.90 Å². The van der Waals surface area contributed by atoms with E-state index in [-0.39, 0.29) is 16.8 Å². The number of para-hydroxylation sites is 1. The summed E-state index contributed by atoms with van der Waals surface area (Å²) in [5.41, 5.74) is 3.35. The summed E-state index contributed by atoms with van der Waals surface area (Å²) in [7, 11) is 0. The largest absolute Gasteiger partial charge is 0.426 e. The van der Waals surface area contributed by atoms with Gasteiger partial charge in [-0.3, -0.25) is 9.69 Å². The number of likely N-dealkylation sites (N-methyl/N-ethyl adjacent to an activating group) is 2. The van der Waals surface area contributed by atoms with Gasteiger partial charge in [0.1, 0.15) is 0 Å². The van der Waals surface area contributed by atoms with Crippen LogP contribution in [-0.2, 0) is 9.53 Å². The number of hydrogen-bond acceptors (Lipinski definition) is 4. The Balaban J connectivity index is 1.91. The zero-order valence-electron chi connectivity index (χ0n) is 13.2. The van der Waals surface area contributed by atoms with Gasteiger partial charge in [0.05, 0.1) is 0 Å². The second kappa shape index (κ2) is 6.38. The number of allylic oxidation sites excluding steroid dienone is 3. The van der Waals surface area contributed by atoms with Gasteiger partial charge < -0.3 is 9.64 Å². The van der Waals surface area contributed by atoms with Gasteiger partial charge in [-0.25, -0.2) is 0 Å². The van der Waals surface area contributed by atoms with E-state index < -0.39 is 0 Å². The molecule has 1 saturated heterocycles. The van der Waals surface area contributed by atoms with Crippen LogP contribution in [0.3, 0.4) is 0 Å². The molecule has 0 aliphatic carbocycles. The molecule has 0 atom stereocenters. The number of rotatable bonds is 3. The molecule has 4 nitrogen and oxygen atoms in total. The summed E-state index contributed by atoms with van der Waals surface area (Å²) in [6, 6.07) is 8.23. The monoisotopic (exact) mass is 326 g/mol. The van der Waals surface area contributed by atoms with Crippen molar-refractivity contribution in [3.63, 3.8) is 0 Å². The Bertz CT molecular complexity index is 749. The lowest BCUT2D eigenvalue weighted by molar-refractivity contribution is -0.122. The maximum absolute atomic E-state index is 12.2. The van der Waals surface area contributed by atoms with Gasteiger partial charge in [-0.2, -0.15) is 0 Å². The highest BCUT2D eigenvalue weighted by atomic mass is 32.1. The molecule has 2 heterocycles. The molecule has 0 unspecified atom stereocenters. The quantitative estimate of drug-likeness (QED) is 0.629. The Labute approximate surface area is 141 Å². The van der Waals surface area contributed by atoms with Crippen molar-refractivity contribution in [1.29, 1.82) is 0 Å². The van der Waals surface area contributed by atoms with Crippen molar-refractivity contribution in [2.45, 2.75) is 13.8 Å². The molecule has 2 aliphatic heterocycles. The average molecular weight is 326 g/mol. The van der Waals surface area contributed by atoms with E-state index >= 15 is 0 Å². The smallest absolute Gasteiger partial charge is 0.297 e. The molecule has 0 radical (unpaired) electrons. The topological polar surface area (TPSA) is 32.8 Å². The van der Waals surface area contributed by atoms with E-state index in [1.807, 2.05) is 31.2 Å². The summed E-state index contributed by atoms with van der Waals surface area (Å²) in [5, 5.41) is 0.221.